The third-order valence-electron chi connectivity index (χ3n) is 4.68. The molecule has 5 heteroatoms. The number of hydrogen-bond donors (Lipinski definition) is 0. The van der Waals surface area contributed by atoms with Crippen LogP contribution in [-0.4, -0.2) is 52.2 Å². The van der Waals surface area contributed by atoms with E-state index >= 15 is 0 Å². The molecule has 24 heavy (non-hydrogen) atoms. The van der Waals surface area contributed by atoms with Gasteiger partial charge in [-0.3, -0.25) is 14.5 Å². The third-order valence-corrected chi connectivity index (χ3v) is 4.68. The molecule has 3 rings (SSSR count). The van der Waals surface area contributed by atoms with Gasteiger partial charge < -0.3 is 9.47 Å². The van der Waals surface area contributed by atoms with E-state index in [1.807, 2.05) is 65.2 Å². The summed E-state index contributed by atoms with van der Waals surface area (Å²) in [6.45, 7) is 4.34. The number of piperazine rings is 1. The Bertz CT molecular complexity index is 715. The number of carbonyl (C=O) groups excluding carboxylic acids is 2. The van der Waals surface area contributed by atoms with Crippen molar-refractivity contribution < 1.29 is 9.59 Å². The number of carbonyl (C=O) groups is 2. The molecule has 2 aromatic rings. The SMILES string of the molecule is CC(=O)N1CCN(C(C(=O)c2cccn2C)c2ccccc2)CC1. The van der Waals surface area contributed by atoms with Crippen LogP contribution in [0.1, 0.15) is 29.0 Å². The number of amides is 1. The zero-order valence-corrected chi connectivity index (χ0v) is 14.2. The maximum absolute atomic E-state index is 13.2. The molecule has 1 aliphatic rings. The molecule has 0 spiro atoms. The van der Waals surface area contributed by atoms with Gasteiger partial charge in [0.1, 0.15) is 6.04 Å². The minimum Gasteiger partial charge on any atom is -0.348 e. The molecule has 1 unspecified atom stereocenters. The Hall–Kier alpha value is -2.40. The standard InChI is InChI=1S/C19H23N3O2/c1-15(23)21-11-13-22(14-12-21)18(16-7-4-3-5-8-16)19(24)17-9-6-10-20(17)2/h3-10,18H,11-14H2,1-2H3. The highest BCUT2D eigenvalue weighted by Crippen LogP contribution is 2.26. The first-order valence-electron chi connectivity index (χ1n) is 8.28. The zero-order chi connectivity index (χ0) is 17.1. The van der Waals surface area contributed by atoms with Crippen molar-refractivity contribution in [1.82, 2.24) is 14.4 Å². The Morgan fingerprint density at radius 3 is 2.17 bits per heavy atom. The molecule has 0 bridgehead atoms. The molecule has 126 valence electrons. The largest absolute Gasteiger partial charge is 0.348 e. The summed E-state index contributed by atoms with van der Waals surface area (Å²) in [5.41, 5.74) is 1.71. The van der Waals surface area contributed by atoms with Crippen molar-refractivity contribution in [2.75, 3.05) is 26.2 Å². The lowest BCUT2D eigenvalue weighted by Gasteiger charge is -2.38. The molecule has 1 fully saturated rings. The fourth-order valence-electron chi connectivity index (χ4n) is 3.32. The first-order valence-corrected chi connectivity index (χ1v) is 8.28. The summed E-state index contributed by atoms with van der Waals surface area (Å²) in [5, 5.41) is 0. The zero-order valence-electron chi connectivity index (χ0n) is 14.2. The van der Waals surface area contributed by atoms with Crippen molar-refractivity contribution in [3.63, 3.8) is 0 Å². The monoisotopic (exact) mass is 325 g/mol. The second-order valence-electron chi connectivity index (χ2n) is 6.22. The molecule has 1 saturated heterocycles. The number of aryl methyl sites for hydroxylation is 1. The van der Waals surface area contributed by atoms with Crippen LogP contribution >= 0.6 is 0 Å². The molecular formula is C19H23N3O2. The Morgan fingerprint density at radius 1 is 0.958 bits per heavy atom. The Morgan fingerprint density at radius 2 is 1.62 bits per heavy atom. The van der Waals surface area contributed by atoms with Crippen molar-refractivity contribution in [2.24, 2.45) is 7.05 Å². The van der Waals surface area contributed by atoms with Gasteiger partial charge in [0, 0.05) is 46.3 Å². The number of hydrogen-bond acceptors (Lipinski definition) is 3. The van der Waals surface area contributed by atoms with Crippen LogP contribution in [0.25, 0.3) is 0 Å². The second kappa shape index (κ2) is 7.01. The van der Waals surface area contributed by atoms with Crippen molar-refractivity contribution >= 4 is 11.7 Å². The summed E-state index contributed by atoms with van der Waals surface area (Å²) in [7, 11) is 1.89. The van der Waals surface area contributed by atoms with E-state index in [4.69, 9.17) is 0 Å². The molecule has 1 amide bonds. The van der Waals surface area contributed by atoms with E-state index < -0.39 is 0 Å². The number of Topliss-reactive ketones (excluding diaryl/α,β-unsaturated/α-hetero) is 1. The molecule has 2 heterocycles. The average molecular weight is 325 g/mol. The quantitative estimate of drug-likeness (QED) is 0.809. The van der Waals surface area contributed by atoms with E-state index in [-0.39, 0.29) is 17.7 Å². The summed E-state index contributed by atoms with van der Waals surface area (Å²) in [5.74, 6) is 0.199. The maximum Gasteiger partial charge on any atom is 0.219 e. The Balaban J connectivity index is 1.88. The molecule has 1 atom stereocenters. The molecule has 1 aromatic carbocycles. The van der Waals surface area contributed by atoms with Crippen LogP contribution in [0.5, 0.6) is 0 Å². The lowest BCUT2D eigenvalue weighted by atomic mass is 9.98. The van der Waals surface area contributed by atoms with Crippen LogP contribution in [0.3, 0.4) is 0 Å². The predicted octanol–water partition coefficient (Wildman–Crippen LogP) is 2.11. The summed E-state index contributed by atoms with van der Waals surface area (Å²) >= 11 is 0. The smallest absolute Gasteiger partial charge is 0.219 e. The Labute approximate surface area is 142 Å². The number of aromatic nitrogens is 1. The van der Waals surface area contributed by atoms with Crippen molar-refractivity contribution in [2.45, 2.75) is 13.0 Å². The normalized spacial score (nSPS) is 16.8. The van der Waals surface area contributed by atoms with Gasteiger partial charge in [0.2, 0.25) is 11.7 Å². The van der Waals surface area contributed by atoms with E-state index in [2.05, 4.69) is 4.90 Å². The highest BCUT2D eigenvalue weighted by atomic mass is 16.2. The topological polar surface area (TPSA) is 45.6 Å². The highest BCUT2D eigenvalue weighted by Gasteiger charge is 2.32. The number of rotatable bonds is 4. The highest BCUT2D eigenvalue weighted by molar-refractivity contribution is 5.99. The third kappa shape index (κ3) is 3.26. The van der Waals surface area contributed by atoms with Crippen molar-refractivity contribution in [3.05, 3.63) is 59.9 Å². The van der Waals surface area contributed by atoms with E-state index in [0.29, 0.717) is 31.9 Å². The van der Waals surface area contributed by atoms with E-state index in [1.54, 1.807) is 6.92 Å². The summed E-state index contributed by atoms with van der Waals surface area (Å²) in [6, 6.07) is 13.3. The van der Waals surface area contributed by atoms with Crippen LogP contribution in [-0.2, 0) is 11.8 Å². The van der Waals surface area contributed by atoms with Gasteiger partial charge in [-0.25, -0.2) is 0 Å². The van der Waals surface area contributed by atoms with E-state index in [1.165, 1.54) is 0 Å². The van der Waals surface area contributed by atoms with Gasteiger partial charge in [-0.15, -0.1) is 0 Å². The van der Waals surface area contributed by atoms with Crippen LogP contribution in [0.2, 0.25) is 0 Å². The van der Waals surface area contributed by atoms with Crippen LogP contribution in [0, 0.1) is 0 Å². The molecule has 1 aliphatic heterocycles. The predicted molar refractivity (Wildman–Crippen MR) is 92.8 cm³/mol. The van der Waals surface area contributed by atoms with E-state index in [9.17, 15) is 9.59 Å². The molecule has 1 aromatic heterocycles. The van der Waals surface area contributed by atoms with Crippen LogP contribution < -0.4 is 0 Å². The van der Waals surface area contributed by atoms with Gasteiger partial charge in [-0.2, -0.15) is 0 Å². The van der Waals surface area contributed by atoms with Crippen molar-refractivity contribution in [1.29, 1.82) is 0 Å². The van der Waals surface area contributed by atoms with Gasteiger partial charge in [0.25, 0.3) is 0 Å². The van der Waals surface area contributed by atoms with Crippen molar-refractivity contribution in [3.8, 4) is 0 Å². The number of benzene rings is 1. The fraction of sp³-hybridized carbons (Fsp3) is 0.368. The van der Waals surface area contributed by atoms with Gasteiger partial charge in [-0.1, -0.05) is 30.3 Å². The molecule has 0 N–H and O–H groups in total. The minimum absolute atomic E-state index is 0.0969. The lowest BCUT2D eigenvalue weighted by Crippen LogP contribution is -2.50. The summed E-state index contributed by atoms with van der Waals surface area (Å²) in [6.07, 6.45) is 1.89. The first kappa shape index (κ1) is 16.5. The minimum atomic E-state index is -0.311. The number of ketones is 1. The Kier molecular flexibility index (Phi) is 4.81. The summed E-state index contributed by atoms with van der Waals surface area (Å²) in [4.78, 5) is 28.8. The van der Waals surface area contributed by atoms with Crippen LogP contribution in [0.15, 0.2) is 48.7 Å². The second-order valence-corrected chi connectivity index (χ2v) is 6.22. The summed E-state index contributed by atoms with van der Waals surface area (Å²) < 4.78 is 1.87. The van der Waals surface area contributed by atoms with Gasteiger partial charge >= 0.3 is 0 Å². The van der Waals surface area contributed by atoms with Gasteiger partial charge in [-0.05, 0) is 17.7 Å². The number of nitrogens with zero attached hydrogens (tertiary/aromatic N) is 3. The fourth-order valence-corrected chi connectivity index (χ4v) is 3.32. The maximum atomic E-state index is 13.2. The van der Waals surface area contributed by atoms with Crippen LogP contribution in [0.4, 0.5) is 0 Å². The molecule has 0 radical (unpaired) electrons. The first-order chi connectivity index (χ1) is 11.6. The molecule has 5 nitrogen and oxygen atoms in total. The van der Waals surface area contributed by atoms with E-state index in [0.717, 1.165) is 5.56 Å². The molecule has 0 aliphatic carbocycles. The average Bonchev–Trinajstić information content (AvgIpc) is 3.02. The molecule has 0 saturated carbocycles. The van der Waals surface area contributed by atoms with Gasteiger partial charge in [0.15, 0.2) is 0 Å². The molecular weight excluding hydrogens is 302 g/mol. The van der Waals surface area contributed by atoms with Gasteiger partial charge in [0.05, 0.1) is 5.69 Å². The lowest BCUT2D eigenvalue weighted by molar-refractivity contribution is -0.130.